The Balaban J connectivity index is 0.934. The van der Waals surface area contributed by atoms with Crippen LogP contribution in [0, 0.1) is 5.92 Å². The van der Waals surface area contributed by atoms with Crippen molar-refractivity contribution in [3.8, 4) is 5.88 Å². The Bertz CT molecular complexity index is 1660. The summed E-state index contributed by atoms with van der Waals surface area (Å²) in [6.07, 6.45) is 4.11. The number of ether oxygens (including phenoxy) is 3. The van der Waals surface area contributed by atoms with Crippen molar-refractivity contribution in [3.05, 3.63) is 76.6 Å². The van der Waals surface area contributed by atoms with Gasteiger partial charge in [-0.2, -0.15) is 4.98 Å². The first-order valence-corrected chi connectivity index (χ1v) is 17.4. The normalized spacial score (nSPS) is 23.0. The molecule has 1 N–H and O–H groups in total. The van der Waals surface area contributed by atoms with E-state index in [0.717, 1.165) is 62.0 Å². The lowest BCUT2D eigenvalue weighted by Gasteiger charge is -2.47. The molecule has 260 valence electrons. The predicted octanol–water partition coefficient (Wildman–Crippen LogP) is 6.08. The fourth-order valence-corrected chi connectivity index (χ4v) is 7.65. The lowest BCUT2D eigenvalue weighted by molar-refractivity contribution is -0.165. The van der Waals surface area contributed by atoms with Gasteiger partial charge in [0, 0.05) is 50.2 Å². The van der Waals surface area contributed by atoms with Crippen LogP contribution in [0.25, 0.3) is 0 Å². The summed E-state index contributed by atoms with van der Waals surface area (Å²) in [5, 5.41) is 3.02. The van der Waals surface area contributed by atoms with Gasteiger partial charge in [0.2, 0.25) is 11.8 Å². The largest absolute Gasteiger partial charge is 0.475 e. The number of fused-ring (bicyclic) bond motifs is 2. The fourth-order valence-electron chi connectivity index (χ4n) is 7.50. The van der Waals surface area contributed by atoms with Gasteiger partial charge in [-0.1, -0.05) is 35.9 Å². The summed E-state index contributed by atoms with van der Waals surface area (Å²) < 4.78 is 44.2. The van der Waals surface area contributed by atoms with Gasteiger partial charge in [-0.3, -0.25) is 14.6 Å². The zero-order chi connectivity index (χ0) is 34.0. The third-order valence-electron chi connectivity index (χ3n) is 10.1. The molecule has 4 aliphatic rings. The zero-order valence-electron chi connectivity index (χ0n) is 27.2. The highest BCUT2D eigenvalue weighted by Gasteiger charge is 2.58. The number of benzene rings is 1. The van der Waals surface area contributed by atoms with Crippen LogP contribution in [0.15, 0.2) is 54.7 Å². The Kier molecular flexibility index (Phi) is 9.98. The third-order valence-corrected chi connectivity index (χ3v) is 10.3. The summed E-state index contributed by atoms with van der Waals surface area (Å²) in [5.41, 5.74) is 0.572. The number of hydrogen-bond donors (Lipinski definition) is 1. The van der Waals surface area contributed by atoms with Gasteiger partial charge < -0.3 is 29.3 Å². The molecule has 1 unspecified atom stereocenters. The van der Waals surface area contributed by atoms with E-state index in [1.54, 1.807) is 0 Å². The molecule has 49 heavy (non-hydrogen) atoms. The molecule has 10 nitrogen and oxygen atoms in total. The van der Waals surface area contributed by atoms with Gasteiger partial charge in [-0.05, 0) is 74.6 Å². The first kappa shape index (κ1) is 33.6. The quantitative estimate of drug-likeness (QED) is 0.241. The number of carbonyl (C=O) groups excluding carboxylic acids is 2. The van der Waals surface area contributed by atoms with Gasteiger partial charge >= 0.3 is 0 Å². The molecule has 2 saturated heterocycles. The molecule has 1 aliphatic carbocycles. The molecule has 0 radical (unpaired) electrons. The number of rotatable bonds is 11. The number of pyridine rings is 2. The molecule has 2 amide bonds. The highest BCUT2D eigenvalue weighted by atomic mass is 35.5. The Morgan fingerprint density at radius 3 is 2.65 bits per heavy atom. The first-order chi connectivity index (χ1) is 23.8. The van der Waals surface area contributed by atoms with Gasteiger partial charge in [-0.15, -0.1) is 0 Å². The van der Waals surface area contributed by atoms with E-state index in [0.29, 0.717) is 51.6 Å². The number of para-hydroxylation sites is 1. The van der Waals surface area contributed by atoms with E-state index in [-0.39, 0.29) is 34.7 Å². The Morgan fingerprint density at radius 1 is 1.06 bits per heavy atom. The number of halogens is 3. The second-order valence-corrected chi connectivity index (χ2v) is 13.7. The van der Waals surface area contributed by atoms with Gasteiger partial charge in [-0.25, -0.2) is 8.78 Å². The van der Waals surface area contributed by atoms with E-state index >= 15 is 0 Å². The van der Waals surface area contributed by atoms with E-state index in [4.69, 9.17) is 30.8 Å². The number of nitrogens with zero attached hydrogens (tertiary/aromatic N) is 4. The molecule has 2 aromatic heterocycles. The summed E-state index contributed by atoms with van der Waals surface area (Å²) in [4.78, 5) is 39.5. The van der Waals surface area contributed by atoms with Crippen LogP contribution in [-0.4, -0.2) is 73.6 Å². The van der Waals surface area contributed by atoms with Crippen LogP contribution < -0.4 is 19.9 Å². The van der Waals surface area contributed by atoms with Crippen LogP contribution >= 0.6 is 11.6 Å². The molecule has 3 fully saturated rings. The van der Waals surface area contributed by atoms with E-state index < -0.39 is 23.4 Å². The molecule has 13 heteroatoms. The third kappa shape index (κ3) is 7.09. The van der Waals surface area contributed by atoms with Gasteiger partial charge in [0.25, 0.3) is 12.3 Å². The van der Waals surface area contributed by atoms with Crippen LogP contribution in [0.4, 0.5) is 20.3 Å². The van der Waals surface area contributed by atoms with Crippen LogP contribution in [0.3, 0.4) is 0 Å². The minimum atomic E-state index is -2.88. The predicted molar refractivity (Wildman–Crippen MR) is 179 cm³/mol. The van der Waals surface area contributed by atoms with Crippen LogP contribution in [0.2, 0.25) is 5.02 Å². The maximum atomic E-state index is 14.2. The summed E-state index contributed by atoms with van der Waals surface area (Å²) in [6, 6.07) is 14.8. The zero-order valence-corrected chi connectivity index (χ0v) is 27.9. The molecular weight excluding hydrogens is 656 g/mol. The Hall–Kier alpha value is -3.87. The topological polar surface area (TPSA) is 106 Å². The molecule has 1 aromatic carbocycles. The maximum absolute atomic E-state index is 14.2. The van der Waals surface area contributed by atoms with Gasteiger partial charge in [0.05, 0.1) is 17.2 Å². The van der Waals surface area contributed by atoms with E-state index in [1.165, 1.54) is 6.07 Å². The van der Waals surface area contributed by atoms with Crippen molar-refractivity contribution >= 4 is 34.9 Å². The van der Waals surface area contributed by atoms with Crippen molar-refractivity contribution in [2.24, 2.45) is 5.92 Å². The van der Waals surface area contributed by atoms with Gasteiger partial charge in [0.15, 0.2) is 6.29 Å². The van der Waals surface area contributed by atoms with Crippen molar-refractivity contribution in [2.45, 2.75) is 69.1 Å². The number of carbonyl (C=O) groups is 2. The smallest absolute Gasteiger partial charge is 0.281 e. The molecule has 0 bridgehead atoms. The Morgan fingerprint density at radius 2 is 1.88 bits per heavy atom. The van der Waals surface area contributed by atoms with Crippen molar-refractivity contribution < 1.29 is 32.6 Å². The standard InChI is InChI=1S/C36H40ClF2N5O5/c37-24-18-26(32(33(38)39)40-19-24)34(45)41-25-13-11-23(12-14-25)20-44-28-7-2-1-6-27(28)36(35(44)46)21-43(22-36)29-8-5-9-30(42-29)47-16-17-49-31-10-3-4-15-48-31/h1-2,5-9,18-19,23,25,31,33H,3-4,10-17,20-22H2,(H,41,45). The molecule has 1 spiro atoms. The lowest BCUT2D eigenvalue weighted by atomic mass is 9.74. The number of anilines is 2. The Labute approximate surface area is 289 Å². The maximum Gasteiger partial charge on any atom is 0.281 e. The number of nitrogens with one attached hydrogen (secondary N) is 1. The highest BCUT2D eigenvalue weighted by Crippen LogP contribution is 2.49. The minimum absolute atomic E-state index is 0.0999. The van der Waals surface area contributed by atoms with E-state index in [9.17, 15) is 18.4 Å². The van der Waals surface area contributed by atoms with Crippen molar-refractivity contribution in [2.75, 3.05) is 49.3 Å². The monoisotopic (exact) mass is 695 g/mol. The SMILES string of the molecule is O=C(NC1CCC(CN2C(=O)C3(CN(c4cccc(OCCOC5CCCCO5)n4)C3)c3ccccc32)CC1)c1cc(Cl)cnc1C(F)F. The fraction of sp³-hybridized carbons (Fsp3) is 0.500. The average Bonchev–Trinajstić information content (AvgIpc) is 3.34. The molecule has 1 saturated carbocycles. The number of alkyl halides is 2. The van der Waals surface area contributed by atoms with Crippen molar-refractivity contribution in [1.29, 1.82) is 0 Å². The van der Waals surface area contributed by atoms with E-state index in [2.05, 4.69) is 21.3 Å². The molecule has 3 aliphatic heterocycles. The second-order valence-electron chi connectivity index (χ2n) is 13.3. The summed E-state index contributed by atoms with van der Waals surface area (Å²) in [7, 11) is 0. The number of hydrogen-bond acceptors (Lipinski definition) is 8. The van der Waals surface area contributed by atoms with Crippen molar-refractivity contribution in [3.63, 3.8) is 0 Å². The van der Waals surface area contributed by atoms with Gasteiger partial charge in [0.1, 0.15) is 23.5 Å². The average molecular weight is 696 g/mol. The summed E-state index contributed by atoms with van der Waals surface area (Å²) in [6.45, 7) is 3.16. The highest BCUT2D eigenvalue weighted by molar-refractivity contribution is 6.30. The second kappa shape index (κ2) is 14.5. The lowest BCUT2D eigenvalue weighted by Crippen LogP contribution is -2.64. The molecule has 7 rings (SSSR count). The summed E-state index contributed by atoms with van der Waals surface area (Å²) >= 11 is 5.94. The molecule has 5 heterocycles. The molecule has 3 aromatic rings. The minimum Gasteiger partial charge on any atom is -0.475 e. The summed E-state index contributed by atoms with van der Waals surface area (Å²) in [5.74, 6) is 1.02. The number of amides is 2. The molecule has 1 atom stereocenters. The molecular formula is C36H40ClF2N5O5. The van der Waals surface area contributed by atoms with Crippen molar-refractivity contribution in [1.82, 2.24) is 15.3 Å². The number of aromatic nitrogens is 2. The van der Waals surface area contributed by atoms with Crippen LogP contribution in [0.5, 0.6) is 5.88 Å². The van der Waals surface area contributed by atoms with Crippen LogP contribution in [-0.2, 0) is 19.7 Å². The first-order valence-electron chi connectivity index (χ1n) is 17.0. The van der Waals surface area contributed by atoms with Crippen LogP contribution in [0.1, 0.15) is 73.0 Å². The van der Waals surface area contributed by atoms with E-state index in [1.807, 2.05) is 41.3 Å².